The highest BCUT2D eigenvalue weighted by Gasteiger charge is 2.02. The number of benzene rings is 1. The maximum Gasteiger partial charge on any atom is 0.0626 e. The summed E-state index contributed by atoms with van der Waals surface area (Å²) in [7, 11) is 0. The number of hydrogen-bond acceptors (Lipinski definition) is 0. The van der Waals surface area contributed by atoms with Crippen LogP contribution in [0.15, 0.2) is 36.4 Å². The van der Waals surface area contributed by atoms with Crippen LogP contribution in [-0.2, 0) is 0 Å². The van der Waals surface area contributed by atoms with E-state index in [0.717, 1.165) is 5.56 Å². The Labute approximate surface area is 76.3 Å². The summed E-state index contributed by atoms with van der Waals surface area (Å²) in [5.41, 5.74) is 1.06. The molecule has 0 aliphatic carbocycles. The standard InChI is InChI=1S/C12H16/c1-12(2,3)10-9-11-7-5-4-6-8-11/h4-10H,1-3H3/b10-9-/i9D. The molecule has 0 radical (unpaired) electrons. The lowest BCUT2D eigenvalue weighted by atomic mass is 9.95. The van der Waals surface area contributed by atoms with Crippen LogP contribution in [0.25, 0.3) is 6.05 Å². The van der Waals surface area contributed by atoms with Crippen molar-refractivity contribution < 1.29 is 1.37 Å². The van der Waals surface area contributed by atoms with Crippen LogP contribution in [-0.4, -0.2) is 0 Å². The largest absolute Gasteiger partial charge is 0.0785 e. The third-order valence-corrected chi connectivity index (χ3v) is 1.45. The molecule has 0 saturated carbocycles. The lowest BCUT2D eigenvalue weighted by Gasteiger charge is -2.10. The molecule has 1 aromatic rings. The summed E-state index contributed by atoms with van der Waals surface area (Å²) < 4.78 is 7.83. The molecule has 0 fully saturated rings. The third-order valence-electron chi connectivity index (χ3n) is 1.45. The predicted octanol–water partition coefficient (Wildman–Crippen LogP) is 3.75. The van der Waals surface area contributed by atoms with Crippen LogP contribution < -0.4 is 0 Å². The van der Waals surface area contributed by atoms with Crippen molar-refractivity contribution in [3.63, 3.8) is 0 Å². The molecule has 0 bridgehead atoms. The molecule has 1 rings (SSSR count). The summed E-state index contributed by atoms with van der Waals surface area (Å²) in [6, 6.07) is 10.4. The first-order valence-corrected chi connectivity index (χ1v) is 4.24. The van der Waals surface area contributed by atoms with Crippen LogP contribution in [0.5, 0.6) is 0 Å². The van der Waals surface area contributed by atoms with Crippen molar-refractivity contribution in [2.45, 2.75) is 20.8 Å². The zero-order chi connectivity index (χ0) is 9.90. The minimum absolute atomic E-state index is 0.0763. The Hall–Kier alpha value is -1.04. The summed E-state index contributed by atoms with van der Waals surface area (Å²) in [5.74, 6) is 0. The van der Waals surface area contributed by atoms with Crippen molar-refractivity contribution in [3.8, 4) is 0 Å². The lowest BCUT2D eigenvalue weighted by molar-refractivity contribution is 0.547. The normalized spacial score (nSPS) is 14.2. The number of hydrogen-bond donors (Lipinski definition) is 0. The first-order chi connectivity index (χ1) is 5.99. The fraction of sp³-hybridized carbons (Fsp3) is 0.333. The molecule has 0 amide bonds. The van der Waals surface area contributed by atoms with Crippen LogP contribution in [0.4, 0.5) is 0 Å². The van der Waals surface area contributed by atoms with Gasteiger partial charge in [-0.2, -0.15) is 0 Å². The van der Waals surface area contributed by atoms with Gasteiger partial charge < -0.3 is 0 Å². The summed E-state index contributed by atoms with van der Waals surface area (Å²) >= 11 is 0. The predicted molar refractivity (Wildman–Crippen MR) is 54.9 cm³/mol. The highest BCUT2D eigenvalue weighted by Crippen LogP contribution is 2.16. The van der Waals surface area contributed by atoms with Crippen molar-refractivity contribution in [1.82, 2.24) is 0 Å². The van der Waals surface area contributed by atoms with Gasteiger partial charge in [0.25, 0.3) is 0 Å². The summed E-state index contributed by atoms with van der Waals surface area (Å²) in [4.78, 5) is 0. The van der Waals surface area contributed by atoms with Crippen molar-refractivity contribution >= 4 is 6.05 Å². The molecule has 12 heavy (non-hydrogen) atoms. The second-order valence-corrected chi connectivity index (χ2v) is 4.02. The SMILES string of the molecule is [2H]/C(=C/C(C)(C)C)c1ccccc1. The molecule has 0 aliphatic rings. The number of rotatable bonds is 1. The summed E-state index contributed by atoms with van der Waals surface area (Å²) in [6.07, 6.45) is 1.97. The maximum absolute atomic E-state index is 7.83. The van der Waals surface area contributed by atoms with Gasteiger partial charge in [0.2, 0.25) is 0 Å². The molecule has 0 unspecified atom stereocenters. The van der Waals surface area contributed by atoms with E-state index in [1.165, 1.54) is 0 Å². The molecule has 0 aliphatic heterocycles. The molecule has 64 valence electrons. The van der Waals surface area contributed by atoms with E-state index in [1.54, 1.807) is 0 Å². The van der Waals surface area contributed by atoms with E-state index >= 15 is 0 Å². The van der Waals surface area contributed by atoms with E-state index < -0.39 is 0 Å². The Bertz CT molecular complexity index is 291. The van der Waals surface area contributed by atoms with E-state index in [4.69, 9.17) is 1.37 Å². The van der Waals surface area contributed by atoms with Crippen molar-refractivity contribution in [2.75, 3.05) is 0 Å². The van der Waals surface area contributed by atoms with Crippen LogP contribution >= 0.6 is 0 Å². The van der Waals surface area contributed by atoms with Gasteiger partial charge in [0.15, 0.2) is 0 Å². The topological polar surface area (TPSA) is 0 Å². The molecule has 0 heteroatoms. The van der Waals surface area contributed by atoms with Gasteiger partial charge in [-0.1, -0.05) is 63.2 Å². The Balaban J connectivity index is 2.92. The summed E-state index contributed by atoms with van der Waals surface area (Å²) in [5, 5.41) is 0. The quantitative estimate of drug-likeness (QED) is 0.588. The fourth-order valence-corrected chi connectivity index (χ4v) is 0.834. The Kier molecular flexibility index (Phi) is 2.26. The molecule has 0 saturated heterocycles. The average molecular weight is 161 g/mol. The van der Waals surface area contributed by atoms with E-state index in [9.17, 15) is 0 Å². The average Bonchev–Trinajstić information content (AvgIpc) is 2.03. The Morgan fingerprint density at radius 2 is 1.75 bits per heavy atom. The molecule has 0 nitrogen and oxygen atoms in total. The van der Waals surface area contributed by atoms with E-state index in [1.807, 2.05) is 36.4 Å². The van der Waals surface area contributed by atoms with Crippen LogP contribution in [0.1, 0.15) is 27.7 Å². The van der Waals surface area contributed by atoms with E-state index in [-0.39, 0.29) is 5.41 Å². The molecular formula is C12H16. The van der Waals surface area contributed by atoms with Gasteiger partial charge in [-0.15, -0.1) is 0 Å². The highest BCUT2D eigenvalue weighted by atomic mass is 14.1. The van der Waals surface area contributed by atoms with Crippen molar-refractivity contribution in [3.05, 3.63) is 42.0 Å². The Morgan fingerprint density at radius 3 is 2.25 bits per heavy atom. The first-order valence-electron chi connectivity index (χ1n) is 4.74. The van der Waals surface area contributed by atoms with E-state index in [2.05, 4.69) is 20.8 Å². The van der Waals surface area contributed by atoms with Gasteiger partial charge in [0.1, 0.15) is 0 Å². The minimum Gasteiger partial charge on any atom is -0.0785 e. The monoisotopic (exact) mass is 161 g/mol. The van der Waals surface area contributed by atoms with Gasteiger partial charge in [-0.3, -0.25) is 0 Å². The second-order valence-electron chi connectivity index (χ2n) is 4.02. The molecule has 0 N–H and O–H groups in total. The molecule has 0 aromatic heterocycles. The zero-order valence-electron chi connectivity index (χ0n) is 8.96. The molecule has 0 atom stereocenters. The van der Waals surface area contributed by atoms with Crippen molar-refractivity contribution in [2.24, 2.45) is 5.41 Å². The molecular weight excluding hydrogens is 144 g/mol. The summed E-state index contributed by atoms with van der Waals surface area (Å²) in [6.45, 7) is 6.30. The zero-order valence-corrected chi connectivity index (χ0v) is 7.96. The highest BCUT2D eigenvalue weighted by molar-refractivity contribution is 5.49. The lowest BCUT2D eigenvalue weighted by Crippen LogP contribution is -1.97. The van der Waals surface area contributed by atoms with Crippen LogP contribution in [0, 0.1) is 5.41 Å². The maximum atomic E-state index is 7.83. The third kappa shape index (κ3) is 3.38. The van der Waals surface area contributed by atoms with Crippen molar-refractivity contribution in [1.29, 1.82) is 0 Å². The Morgan fingerprint density at radius 1 is 1.17 bits per heavy atom. The minimum atomic E-state index is 0.0763. The van der Waals surface area contributed by atoms with Gasteiger partial charge in [-0.25, -0.2) is 0 Å². The van der Waals surface area contributed by atoms with Crippen LogP contribution in [0.2, 0.25) is 0 Å². The first kappa shape index (κ1) is 7.60. The van der Waals surface area contributed by atoms with Crippen LogP contribution in [0.3, 0.4) is 0 Å². The fourth-order valence-electron chi connectivity index (χ4n) is 0.834. The molecule has 0 heterocycles. The van der Waals surface area contributed by atoms with Gasteiger partial charge in [0, 0.05) is 0 Å². The smallest absolute Gasteiger partial charge is 0.0626 e. The molecule has 1 aromatic carbocycles. The van der Waals surface area contributed by atoms with Gasteiger partial charge in [0.05, 0.1) is 1.37 Å². The van der Waals surface area contributed by atoms with Gasteiger partial charge >= 0.3 is 0 Å². The van der Waals surface area contributed by atoms with Gasteiger partial charge in [-0.05, 0) is 11.0 Å². The van der Waals surface area contributed by atoms with E-state index in [0.29, 0.717) is 6.05 Å². The molecule has 0 spiro atoms. The second kappa shape index (κ2) is 3.57. The number of allylic oxidation sites excluding steroid dienone is 1.